The number of nitriles is 1. The van der Waals surface area contributed by atoms with Crippen LogP contribution in [0.2, 0.25) is 0 Å². The van der Waals surface area contributed by atoms with E-state index in [0.29, 0.717) is 17.1 Å². The highest BCUT2D eigenvalue weighted by Gasteiger charge is 2.18. The fourth-order valence-electron chi connectivity index (χ4n) is 2.64. The quantitative estimate of drug-likeness (QED) is 0.382. The van der Waals surface area contributed by atoms with Gasteiger partial charge in [-0.1, -0.05) is 49.0 Å². The molecule has 2 aromatic heterocycles. The Morgan fingerprint density at radius 1 is 1.33 bits per heavy atom. The fourth-order valence-corrected chi connectivity index (χ4v) is 4.41. The molecule has 0 spiro atoms. The van der Waals surface area contributed by atoms with Crippen molar-refractivity contribution in [2.75, 3.05) is 11.1 Å². The van der Waals surface area contributed by atoms with Crippen LogP contribution in [0.3, 0.4) is 0 Å². The van der Waals surface area contributed by atoms with Crippen LogP contribution in [0.25, 0.3) is 10.4 Å². The Hall–Kier alpha value is -3.42. The standard InChI is InChI=1S/C20H17N5O3S2/c1-2-14-13(9-21)18(28)25-20(23-14)29-10-16(26)24-19-12(17(22)27)8-15(30-19)11-6-4-3-5-7-11/h3-8H,2,10H2,1H3,(H2,22,27)(H,24,26)(H,23,25,28). The molecule has 152 valence electrons. The first-order valence-electron chi connectivity index (χ1n) is 8.88. The van der Waals surface area contributed by atoms with Gasteiger partial charge in [0, 0.05) is 4.88 Å². The highest BCUT2D eigenvalue weighted by Crippen LogP contribution is 2.35. The van der Waals surface area contributed by atoms with Crippen LogP contribution in [0.15, 0.2) is 46.3 Å². The van der Waals surface area contributed by atoms with Gasteiger partial charge in [0.1, 0.15) is 16.6 Å². The Morgan fingerprint density at radius 3 is 2.70 bits per heavy atom. The van der Waals surface area contributed by atoms with E-state index in [0.717, 1.165) is 22.2 Å². The monoisotopic (exact) mass is 439 g/mol. The van der Waals surface area contributed by atoms with Gasteiger partial charge in [-0.05, 0) is 18.1 Å². The van der Waals surface area contributed by atoms with Crippen LogP contribution in [-0.4, -0.2) is 27.5 Å². The van der Waals surface area contributed by atoms with Gasteiger partial charge in [-0.2, -0.15) is 5.26 Å². The molecule has 0 fully saturated rings. The molecule has 3 rings (SSSR count). The third-order valence-corrected chi connectivity index (χ3v) is 6.04. The van der Waals surface area contributed by atoms with E-state index in [4.69, 9.17) is 11.0 Å². The molecule has 4 N–H and O–H groups in total. The van der Waals surface area contributed by atoms with Crippen LogP contribution < -0.4 is 16.6 Å². The smallest absolute Gasteiger partial charge is 0.269 e. The zero-order valence-electron chi connectivity index (χ0n) is 15.9. The average molecular weight is 440 g/mol. The van der Waals surface area contributed by atoms with Crippen LogP contribution in [0.1, 0.15) is 28.5 Å². The van der Waals surface area contributed by atoms with Gasteiger partial charge in [0.25, 0.3) is 11.5 Å². The van der Waals surface area contributed by atoms with E-state index in [2.05, 4.69) is 15.3 Å². The minimum atomic E-state index is -0.637. The molecular formula is C20H17N5O3S2. The molecule has 0 aliphatic carbocycles. The lowest BCUT2D eigenvalue weighted by Gasteiger charge is -2.06. The zero-order valence-corrected chi connectivity index (χ0v) is 17.5. The largest absolute Gasteiger partial charge is 0.366 e. The van der Waals surface area contributed by atoms with Crippen LogP contribution in [-0.2, 0) is 11.2 Å². The van der Waals surface area contributed by atoms with Gasteiger partial charge in [0.2, 0.25) is 5.91 Å². The lowest BCUT2D eigenvalue weighted by molar-refractivity contribution is -0.113. The van der Waals surface area contributed by atoms with Crippen LogP contribution >= 0.6 is 23.1 Å². The van der Waals surface area contributed by atoms with E-state index < -0.39 is 11.5 Å². The second-order valence-electron chi connectivity index (χ2n) is 6.08. The number of carbonyl (C=O) groups is 2. The number of primary amides is 1. The van der Waals surface area contributed by atoms with Crippen LogP contribution in [0, 0.1) is 11.3 Å². The maximum Gasteiger partial charge on any atom is 0.269 e. The number of aryl methyl sites for hydroxylation is 1. The highest BCUT2D eigenvalue weighted by atomic mass is 32.2. The number of aromatic nitrogens is 2. The number of nitrogens with zero attached hydrogens (tertiary/aromatic N) is 2. The van der Waals surface area contributed by atoms with E-state index in [1.807, 2.05) is 36.4 Å². The maximum atomic E-state index is 12.4. The molecule has 30 heavy (non-hydrogen) atoms. The summed E-state index contributed by atoms with van der Waals surface area (Å²) < 4.78 is 0. The predicted molar refractivity (Wildman–Crippen MR) is 117 cm³/mol. The second kappa shape index (κ2) is 9.39. The van der Waals surface area contributed by atoms with E-state index in [9.17, 15) is 14.4 Å². The first-order valence-corrected chi connectivity index (χ1v) is 10.7. The molecule has 3 aromatic rings. The average Bonchev–Trinajstić information content (AvgIpc) is 3.16. The van der Waals surface area contributed by atoms with Gasteiger partial charge in [0.15, 0.2) is 5.16 Å². The van der Waals surface area contributed by atoms with Crippen molar-refractivity contribution in [2.24, 2.45) is 5.73 Å². The van der Waals surface area contributed by atoms with Crippen molar-refractivity contribution in [3.05, 3.63) is 63.6 Å². The van der Waals surface area contributed by atoms with Gasteiger partial charge in [-0.25, -0.2) is 4.98 Å². The third-order valence-electron chi connectivity index (χ3n) is 4.07. The molecule has 0 aliphatic heterocycles. The number of nitrogens with one attached hydrogen (secondary N) is 2. The third kappa shape index (κ3) is 4.76. The van der Waals surface area contributed by atoms with Crippen molar-refractivity contribution in [3.63, 3.8) is 0 Å². The Labute approximate surface area is 180 Å². The molecule has 0 radical (unpaired) electrons. The van der Waals surface area contributed by atoms with E-state index >= 15 is 0 Å². The van der Waals surface area contributed by atoms with Crippen molar-refractivity contribution in [3.8, 4) is 16.5 Å². The summed E-state index contributed by atoms with van der Waals surface area (Å²) in [5, 5.41) is 12.4. The number of benzene rings is 1. The summed E-state index contributed by atoms with van der Waals surface area (Å²) in [6.07, 6.45) is 0.423. The molecule has 0 unspecified atom stereocenters. The van der Waals surface area contributed by atoms with Gasteiger partial charge in [0.05, 0.1) is 17.0 Å². The number of H-pyrrole nitrogens is 1. The summed E-state index contributed by atoms with van der Waals surface area (Å²) in [4.78, 5) is 43.7. The molecule has 1 aromatic carbocycles. The molecule has 0 saturated heterocycles. The van der Waals surface area contributed by atoms with Gasteiger partial charge in [-0.3, -0.25) is 14.4 Å². The minimum absolute atomic E-state index is 0.0237. The topological polar surface area (TPSA) is 142 Å². The second-order valence-corrected chi connectivity index (χ2v) is 8.09. The first kappa shape index (κ1) is 21.3. The molecule has 0 atom stereocenters. The maximum absolute atomic E-state index is 12.4. The van der Waals surface area contributed by atoms with E-state index in [1.165, 1.54) is 11.3 Å². The number of rotatable bonds is 7. The fraction of sp³-hybridized carbons (Fsp3) is 0.150. The number of anilines is 1. The van der Waals surface area contributed by atoms with Crippen LogP contribution in [0.4, 0.5) is 5.00 Å². The van der Waals surface area contributed by atoms with E-state index in [1.54, 1.807) is 13.0 Å². The number of aromatic amines is 1. The number of hydrogen-bond donors (Lipinski definition) is 3. The number of carbonyl (C=O) groups excluding carboxylic acids is 2. The number of nitrogens with two attached hydrogens (primary N) is 1. The molecule has 2 heterocycles. The van der Waals surface area contributed by atoms with Crippen molar-refractivity contribution < 1.29 is 9.59 Å². The predicted octanol–water partition coefficient (Wildman–Crippen LogP) is 2.76. The normalized spacial score (nSPS) is 10.4. The number of amides is 2. The number of thioether (sulfide) groups is 1. The Bertz CT molecular complexity index is 1200. The summed E-state index contributed by atoms with van der Waals surface area (Å²) in [7, 11) is 0. The lowest BCUT2D eigenvalue weighted by Crippen LogP contribution is -2.19. The van der Waals surface area contributed by atoms with Crippen LogP contribution in [0.5, 0.6) is 0 Å². The lowest BCUT2D eigenvalue weighted by atomic mass is 10.1. The SMILES string of the molecule is CCc1nc(SCC(=O)Nc2sc(-c3ccccc3)cc2C(N)=O)[nH]c(=O)c1C#N. The molecule has 0 saturated carbocycles. The molecule has 2 amide bonds. The Balaban J connectivity index is 1.75. The molecule has 8 nitrogen and oxygen atoms in total. The summed E-state index contributed by atoms with van der Waals surface area (Å²) in [5.41, 5.74) is 6.42. The summed E-state index contributed by atoms with van der Waals surface area (Å²) in [6.45, 7) is 1.79. The summed E-state index contributed by atoms with van der Waals surface area (Å²) in [6, 6.07) is 12.9. The van der Waals surface area contributed by atoms with Crippen molar-refractivity contribution in [1.29, 1.82) is 5.26 Å². The van der Waals surface area contributed by atoms with Crippen molar-refractivity contribution >= 4 is 39.9 Å². The number of hydrogen-bond acceptors (Lipinski definition) is 7. The van der Waals surface area contributed by atoms with Gasteiger partial charge in [-0.15, -0.1) is 11.3 Å². The molecule has 0 aliphatic rings. The van der Waals surface area contributed by atoms with Crippen molar-refractivity contribution in [1.82, 2.24) is 9.97 Å². The molecular weight excluding hydrogens is 422 g/mol. The molecule has 0 bridgehead atoms. The number of thiophene rings is 1. The van der Waals surface area contributed by atoms with Crippen molar-refractivity contribution in [2.45, 2.75) is 18.5 Å². The van der Waals surface area contributed by atoms with Gasteiger partial charge < -0.3 is 16.0 Å². The summed E-state index contributed by atoms with van der Waals surface area (Å²) >= 11 is 2.28. The van der Waals surface area contributed by atoms with Gasteiger partial charge >= 0.3 is 0 Å². The Morgan fingerprint density at radius 2 is 2.07 bits per heavy atom. The Kier molecular flexibility index (Phi) is 6.66. The minimum Gasteiger partial charge on any atom is -0.366 e. The first-order chi connectivity index (χ1) is 14.4. The molecule has 10 heteroatoms. The summed E-state index contributed by atoms with van der Waals surface area (Å²) in [5.74, 6) is -1.06. The zero-order chi connectivity index (χ0) is 21.7. The highest BCUT2D eigenvalue weighted by molar-refractivity contribution is 7.99. The van der Waals surface area contributed by atoms with E-state index in [-0.39, 0.29) is 27.9 Å².